The first-order chi connectivity index (χ1) is 8.69. The van der Waals surface area contributed by atoms with Crippen molar-refractivity contribution in [1.82, 2.24) is 9.97 Å². The van der Waals surface area contributed by atoms with E-state index in [2.05, 4.69) is 35.3 Å². The molecule has 0 spiro atoms. The van der Waals surface area contributed by atoms with Crippen molar-refractivity contribution in [3.8, 4) is 11.6 Å². The maximum atomic E-state index is 5.66. The molecule has 1 aromatic carbocycles. The van der Waals surface area contributed by atoms with Crippen LogP contribution < -0.4 is 16.0 Å². The molecule has 2 aromatic rings. The number of hydrogen-bond acceptors (Lipinski definition) is 5. The molecule has 0 bridgehead atoms. The smallest absolute Gasteiger partial charge is 0.224 e. The van der Waals surface area contributed by atoms with E-state index in [1.807, 2.05) is 18.2 Å². The molecule has 5 nitrogen and oxygen atoms in total. The van der Waals surface area contributed by atoms with Crippen LogP contribution in [-0.2, 0) is 0 Å². The zero-order chi connectivity index (χ0) is 13.0. The second kappa shape index (κ2) is 5.46. The largest absolute Gasteiger partial charge is 0.439 e. The van der Waals surface area contributed by atoms with Gasteiger partial charge in [-0.1, -0.05) is 26.0 Å². The molecule has 0 aliphatic carbocycles. The molecule has 0 fully saturated rings. The Balaban J connectivity index is 2.20. The third kappa shape index (κ3) is 2.95. The normalized spacial score (nSPS) is 10.4. The standard InChI is InChI=1S/C13H16N4O/c1-9(2)10-4-3-5-11(6-10)18-13-7-12(17-14)15-8-16-13/h3-9H,14H2,1-2H3,(H,15,16,17). The fourth-order valence-electron chi connectivity index (χ4n) is 1.53. The minimum atomic E-state index is 0.457. The molecule has 18 heavy (non-hydrogen) atoms. The summed E-state index contributed by atoms with van der Waals surface area (Å²) in [4.78, 5) is 7.95. The van der Waals surface area contributed by atoms with Crippen LogP contribution >= 0.6 is 0 Å². The summed E-state index contributed by atoms with van der Waals surface area (Å²) >= 11 is 0. The molecule has 1 heterocycles. The van der Waals surface area contributed by atoms with Gasteiger partial charge in [0.2, 0.25) is 5.88 Å². The van der Waals surface area contributed by atoms with E-state index in [1.165, 1.54) is 11.9 Å². The van der Waals surface area contributed by atoms with E-state index < -0.39 is 0 Å². The molecular formula is C13H16N4O. The van der Waals surface area contributed by atoms with E-state index in [0.717, 1.165) is 5.75 Å². The Bertz CT molecular complexity index is 528. The SMILES string of the molecule is CC(C)c1cccc(Oc2cc(NN)ncn2)c1. The molecule has 0 radical (unpaired) electrons. The summed E-state index contributed by atoms with van der Waals surface area (Å²) in [6.07, 6.45) is 1.40. The van der Waals surface area contributed by atoms with Crippen LogP contribution in [0.25, 0.3) is 0 Å². The number of rotatable bonds is 4. The van der Waals surface area contributed by atoms with Gasteiger partial charge in [0.05, 0.1) is 0 Å². The number of anilines is 1. The predicted octanol–water partition coefficient (Wildman–Crippen LogP) is 2.68. The number of hydrazine groups is 1. The number of ether oxygens (including phenoxy) is 1. The fourth-order valence-corrected chi connectivity index (χ4v) is 1.53. The minimum absolute atomic E-state index is 0.457. The number of nitrogen functional groups attached to an aromatic ring is 1. The molecule has 5 heteroatoms. The highest BCUT2D eigenvalue weighted by Gasteiger charge is 2.04. The van der Waals surface area contributed by atoms with Crippen molar-refractivity contribution in [3.05, 3.63) is 42.2 Å². The molecule has 0 aliphatic heterocycles. The first-order valence-electron chi connectivity index (χ1n) is 5.75. The van der Waals surface area contributed by atoms with Crippen molar-refractivity contribution in [2.24, 2.45) is 5.84 Å². The number of nitrogens with two attached hydrogens (primary N) is 1. The van der Waals surface area contributed by atoms with Crippen LogP contribution in [-0.4, -0.2) is 9.97 Å². The number of hydrogen-bond donors (Lipinski definition) is 2. The monoisotopic (exact) mass is 244 g/mol. The fraction of sp³-hybridized carbons (Fsp3) is 0.231. The van der Waals surface area contributed by atoms with Crippen LogP contribution in [0.15, 0.2) is 36.7 Å². The summed E-state index contributed by atoms with van der Waals surface area (Å²) < 4.78 is 5.66. The van der Waals surface area contributed by atoms with Gasteiger partial charge in [-0.05, 0) is 23.6 Å². The van der Waals surface area contributed by atoms with E-state index in [-0.39, 0.29) is 0 Å². The van der Waals surface area contributed by atoms with E-state index in [4.69, 9.17) is 10.6 Å². The van der Waals surface area contributed by atoms with E-state index in [9.17, 15) is 0 Å². The molecule has 0 aliphatic rings. The van der Waals surface area contributed by atoms with Gasteiger partial charge in [0, 0.05) is 6.07 Å². The van der Waals surface area contributed by atoms with Crippen LogP contribution in [0.3, 0.4) is 0 Å². The van der Waals surface area contributed by atoms with Crippen LogP contribution in [0.5, 0.6) is 11.6 Å². The van der Waals surface area contributed by atoms with Crippen LogP contribution in [0.1, 0.15) is 25.3 Å². The average molecular weight is 244 g/mol. The Kier molecular flexibility index (Phi) is 3.74. The Hall–Kier alpha value is -2.14. The van der Waals surface area contributed by atoms with Gasteiger partial charge in [0.15, 0.2) is 0 Å². The topological polar surface area (TPSA) is 73.1 Å². The average Bonchev–Trinajstić information content (AvgIpc) is 2.39. The number of aromatic nitrogens is 2. The number of nitrogens with zero attached hydrogens (tertiary/aromatic N) is 2. The van der Waals surface area contributed by atoms with Crippen LogP contribution in [0, 0.1) is 0 Å². The molecular weight excluding hydrogens is 228 g/mol. The third-order valence-corrected chi connectivity index (χ3v) is 2.54. The first-order valence-corrected chi connectivity index (χ1v) is 5.75. The van der Waals surface area contributed by atoms with E-state index in [0.29, 0.717) is 17.6 Å². The highest BCUT2D eigenvalue weighted by atomic mass is 16.5. The van der Waals surface area contributed by atoms with Crippen LogP contribution in [0.4, 0.5) is 5.82 Å². The second-order valence-corrected chi connectivity index (χ2v) is 4.22. The zero-order valence-corrected chi connectivity index (χ0v) is 10.4. The van der Waals surface area contributed by atoms with Crippen molar-refractivity contribution < 1.29 is 4.74 Å². The van der Waals surface area contributed by atoms with Gasteiger partial charge in [0.1, 0.15) is 17.9 Å². The minimum Gasteiger partial charge on any atom is -0.439 e. The lowest BCUT2D eigenvalue weighted by Crippen LogP contribution is -2.08. The Labute approximate surface area is 106 Å². The van der Waals surface area contributed by atoms with Crippen molar-refractivity contribution in [2.75, 3.05) is 5.43 Å². The summed E-state index contributed by atoms with van der Waals surface area (Å²) in [5.74, 6) is 7.46. The highest BCUT2D eigenvalue weighted by molar-refractivity contribution is 5.38. The quantitative estimate of drug-likeness (QED) is 0.639. The van der Waals surface area contributed by atoms with Gasteiger partial charge in [-0.15, -0.1) is 0 Å². The van der Waals surface area contributed by atoms with Gasteiger partial charge in [-0.3, -0.25) is 0 Å². The molecule has 2 rings (SSSR count). The zero-order valence-electron chi connectivity index (χ0n) is 10.4. The summed E-state index contributed by atoms with van der Waals surface area (Å²) in [5.41, 5.74) is 3.67. The predicted molar refractivity (Wildman–Crippen MR) is 70.4 cm³/mol. The molecule has 1 aromatic heterocycles. The van der Waals surface area contributed by atoms with E-state index in [1.54, 1.807) is 6.07 Å². The third-order valence-electron chi connectivity index (χ3n) is 2.54. The van der Waals surface area contributed by atoms with E-state index >= 15 is 0 Å². The molecule has 3 N–H and O–H groups in total. The van der Waals surface area contributed by atoms with Crippen molar-refractivity contribution in [1.29, 1.82) is 0 Å². The van der Waals surface area contributed by atoms with Gasteiger partial charge < -0.3 is 10.2 Å². The molecule has 94 valence electrons. The number of nitrogens with one attached hydrogen (secondary N) is 1. The van der Waals surface area contributed by atoms with Crippen molar-refractivity contribution in [2.45, 2.75) is 19.8 Å². The molecule has 0 saturated carbocycles. The van der Waals surface area contributed by atoms with Crippen LogP contribution in [0.2, 0.25) is 0 Å². The van der Waals surface area contributed by atoms with Gasteiger partial charge in [-0.25, -0.2) is 15.8 Å². The highest BCUT2D eigenvalue weighted by Crippen LogP contribution is 2.24. The summed E-state index contributed by atoms with van der Waals surface area (Å²) in [6, 6.07) is 9.58. The second-order valence-electron chi connectivity index (χ2n) is 4.22. The Morgan fingerprint density at radius 2 is 2.06 bits per heavy atom. The summed E-state index contributed by atoms with van der Waals surface area (Å²) in [5, 5.41) is 0. The molecule has 0 unspecified atom stereocenters. The summed E-state index contributed by atoms with van der Waals surface area (Å²) in [6.45, 7) is 4.28. The first kappa shape index (κ1) is 12.3. The maximum Gasteiger partial charge on any atom is 0.224 e. The number of benzene rings is 1. The maximum absolute atomic E-state index is 5.66. The summed E-state index contributed by atoms with van der Waals surface area (Å²) in [7, 11) is 0. The van der Waals surface area contributed by atoms with Gasteiger partial charge in [-0.2, -0.15) is 0 Å². The molecule has 0 saturated heterocycles. The van der Waals surface area contributed by atoms with Crippen molar-refractivity contribution in [3.63, 3.8) is 0 Å². The molecule has 0 atom stereocenters. The van der Waals surface area contributed by atoms with Gasteiger partial charge >= 0.3 is 0 Å². The van der Waals surface area contributed by atoms with Crippen molar-refractivity contribution >= 4 is 5.82 Å². The Morgan fingerprint density at radius 3 is 2.78 bits per heavy atom. The molecule has 0 amide bonds. The lowest BCUT2D eigenvalue weighted by molar-refractivity contribution is 0.461. The lowest BCUT2D eigenvalue weighted by Gasteiger charge is -2.09. The van der Waals surface area contributed by atoms with Gasteiger partial charge in [0.25, 0.3) is 0 Å². The Morgan fingerprint density at radius 1 is 1.22 bits per heavy atom. The lowest BCUT2D eigenvalue weighted by atomic mass is 10.0.